The van der Waals surface area contributed by atoms with Crippen LogP contribution in [0.4, 0.5) is 5.69 Å². The van der Waals surface area contributed by atoms with Crippen molar-refractivity contribution in [2.24, 2.45) is 0 Å². The first-order valence-electron chi connectivity index (χ1n) is 10.0. The Bertz CT molecular complexity index is 612. The second kappa shape index (κ2) is 7.92. The number of nitrogens with zero attached hydrogens (tertiary/aromatic N) is 2. The fourth-order valence-corrected chi connectivity index (χ4v) is 4.29. The molecule has 2 saturated heterocycles. The highest BCUT2D eigenvalue weighted by molar-refractivity contribution is 5.93. The molecular formula is C20H29N3O3. The normalized spacial score (nSPS) is 23.8. The minimum atomic E-state index is -0.451. The first-order chi connectivity index (χ1) is 12.7. The molecule has 0 radical (unpaired) electrons. The van der Waals surface area contributed by atoms with Gasteiger partial charge in [-0.2, -0.15) is 0 Å². The second-order valence-corrected chi connectivity index (χ2v) is 7.66. The summed E-state index contributed by atoms with van der Waals surface area (Å²) in [5.74, 6) is -0.449. The van der Waals surface area contributed by atoms with E-state index in [1.807, 2.05) is 17.0 Å². The van der Waals surface area contributed by atoms with Gasteiger partial charge in [-0.1, -0.05) is 25.7 Å². The molecule has 1 aromatic rings. The molecule has 0 unspecified atom stereocenters. The highest BCUT2D eigenvalue weighted by Crippen LogP contribution is 2.31. The number of rotatable bonds is 3. The zero-order valence-corrected chi connectivity index (χ0v) is 15.4. The quantitative estimate of drug-likeness (QED) is 0.840. The van der Waals surface area contributed by atoms with Crippen LogP contribution in [0.5, 0.6) is 0 Å². The Hall–Kier alpha value is -1.66. The van der Waals surface area contributed by atoms with Crippen LogP contribution in [0.15, 0.2) is 18.3 Å². The summed E-state index contributed by atoms with van der Waals surface area (Å²) in [6.45, 7) is 2.62. The van der Waals surface area contributed by atoms with Crippen LogP contribution < -0.4 is 5.32 Å². The number of nitrogens with one attached hydrogen (secondary N) is 1. The number of hydrogen-bond acceptors (Lipinski definition) is 5. The standard InChI is InChI=1S/C20H29N3O3/c24-19(23-11-8-20(9-12-23)25-13-14-26-20)18-15-17(7-10-21-18)22-16-5-3-1-2-4-6-16/h7,10,15-16H,1-6,8-9,11-14H2,(H,21,22). The topological polar surface area (TPSA) is 63.7 Å². The van der Waals surface area contributed by atoms with E-state index in [9.17, 15) is 4.79 Å². The highest BCUT2D eigenvalue weighted by Gasteiger charge is 2.41. The van der Waals surface area contributed by atoms with E-state index in [4.69, 9.17) is 9.47 Å². The Morgan fingerprint density at radius 1 is 1.12 bits per heavy atom. The molecule has 3 aliphatic rings. The van der Waals surface area contributed by atoms with Crippen molar-refractivity contribution < 1.29 is 14.3 Å². The summed E-state index contributed by atoms with van der Waals surface area (Å²) in [6, 6.07) is 4.38. The number of carbonyl (C=O) groups excluding carboxylic acids is 1. The number of hydrogen-bond donors (Lipinski definition) is 1. The van der Waals surface area contributed by atoms with E-state index in [1.54, 1.807) is 6.20 Å². The highest BCUT2D eigenvalue weighted by atomic mass is 16.7. The first-order valence-corrected chi connectivity index (χ1v) is 10.0. The van der Waals surface area contributed by atoms with Crippen LogP contribution in [0.3, 0.4) is 0 Å². The Morgan fingerprint density at radius 2 is 1.81 bits per heavy atom. The van der Waals surface area contributed by atoms with Crippen molar-refractivity contribution in [3.63, 3.8) is 0 Å². The average Bonchev–Trinajstić information content (AvgIpc) is 2.96. The molecule has 1 N–H and O–H groups in total. The summed E-state index contributed by atoms with van der Waals surface area (Å²) in [5.41, 5.74) is 1.53. The lowest BCUT2D eigenvalue weighted by Gasteiger charge is -2.37. The van der Waals surface area contributed by atoms with Crippen LogP contribution in [-0.4, -0.2) is 53.9 Å². The van der Waals surface area contributed by atoms with Crippen molar-refractivity contribution >= 4 is 11.6 Å². The maximum Gasteiger partial charge on any atom is 0.272 e. The second-order valence-electron chi connectivity index (χ2n) is 7.66. The number of anilines is 1. The van der Waals surface area contributed by atoms with Crippen molar-refractivity contribution in [2.75, 3.05) is 31.6 Å². The fourth-order valence-electron chi connectivity index (χ4n) is 4.29. The Morgan fingerprint density at radius 3 is 2.50 bits per heavy atom. The van der Waals surface area contributed by atoms with Crippen LogP contribution in [0, 0.1) is 0 Å². The molecule has 0 aromatic carbocycles. The predicted octanol–water partition coefficient (Wildman–Crippen LogP) is 3.20. The predicted molar refractivity (Wildman–Crippen MR) is 99.1 cm³/mol. The van der Waals surface area contributed by atoms with E-state index in [-0.39, 0.29) is 5.91 Å². The van der Waals surface area contributed by atoms with Gasteiger partial charge in [0.2, 0.25) is 0 Å². The molecule has 2 aliphatic heterocycles. The van der Waals surface area contributed by atoms with Crippen molar-refractivity contribution in [1.29, 1.82) is 0 Å². The summed E-state index contributed by atoms with van der Waals surface area (Å²) in [6.07, 6.45) is 10.9. The Kier molecular flexibility index (Phi) is 5.41. The average molecular weight is 359 g/mol. The van der Waals surface area contributed by atoms with Gasteiger partial charge in [0.15, 0.2) is 5.79 Å². The van der Waals surface area contributed by atoms with Crippen molar-refractivity contribution in [3.8, 4) is 0 Å². The van der Waals surface area contributed by atoms with Gasteiger partial charge in [0.1, 0.15) is 5.69 Å². The number of likely N-dealkylation sites (tertiary alicyclic amines) is 1. The number of ether oxygens (including phenoxy) is 2. The van der Waals surface area contributed by atoms with Gasteiger partial charge in [-0.15, -0.1) is 0 Å². The van der Waals surface area contributed by atoms with Gasteiger partial charge >= 0.3 is 0 Å². The first kappa shape index (κ1) is 17.7. The SMILES string of the molecule is O=C(c1cc(NC2CCCCCC2)ccn1)N1CCC2(CC1)OCCO2. The van der Waals surface area contributed by atoms with Crippen LogP contribution in [0.2, 0.25) is 0 Å². The largest absolute Gasteiger partial charge is 0.382 e. The number of pyridine rings is 1. The Balaban J connectivity index is 1.37. The lowest BCUT2D eigenvalue weighted by Crippen LogP contribution is -2.47. The molecule has 1 amide bonds. The zero-order valence-electron chi connectivity index (χ0n) is 15.4. The Labute approximate surface area is 155 Å². The van der Waals surface area contributed by atoms with E-state index in [1.165, 1.54) is 38.5 Å². The van der Waals surface area contributed by atoms with Gasteiger partial charge < -0.3 is 19.7 Å². The number of piperidine rings is 1. The van der Waals surface area contributed by atoms with Crippen LogP contribution in [-0.2, 0) is 9.47 Å². The molecule has 3 heterocycles. The van der Waals surface area contributed by atoms with Crippen LogP contribution >= 0.6 is 0 Å². The van der Waals surface area contributed by atoms with E-state index in [0.717, 1.165) is 18.5 Å². The summed E-state index contributed by atoms with van der Waals surface area (Å²) < 4.78 is 11.5. The third-order valence-electron chi connectivity index (χ3n) is 5.83. The van der Waals surface area contributed by atoms with E-state index < -0.39 is 5.79 Å². The minimum absolute atomic E-state index is 0.00219. The zero-order chi connectivity index (χ0) is 17.8. The van der Waals surface area contributed by atoms with Crippen molar-refractivity contribution in [1.82, 2.24) is 9.88 Å². The maximum absolute atomic E-state index is 12.9. The molecule has 0 bridgehead atoms. The number of amides is 1. The monoisotopic (exact) mass is 359 g/mol. The third kappa shape index (κ3) is 4.01. The molecule has 1 aliphatic carbocycles. The van der Waals surface area contributed by atoms with Crippen LogP contribution in [0.25, 0.3) is 0 Å². The molecule has 1 aromatic heterocycles. The smallest absolute Gasteiger partial charge is 0.272 e. The van der Waals surface area contributed by atoms with Crippen LogP contribution in [0.1, 0.15) is 61.9 Å². The summed E-state index contributed by atoms with van der Waals surface area (Å²) in [5, 5.41) is 3.61. The minimum Gasteiger partial charge on any atom is -0.382 e. The molecule has 0 atom stereocenters. The molecule has 3 fully saturated rings. The molecule has 6 heteroatoms. The van der Waals surface area contributed by atoms with Gasteiger partial charge in [-0.05, 0) is 25.0 Å². The number of aromatic nitrogens is 1. The van der Waals surface area contributed by atoms with Gasteiger partial charge in [-0.25, -0.2) is 0 Å². The summed E-state index contributed by atoms with van der Waals surface area (Å²) in [4.78, 5) is 19.0. The van der Waals surface area contributed by atoms with Gasteiger partial charge in [0, 0.05) is 43.9 Å². The summed E-state index contributed by atoms with van der Waals surface area (Å²) >= 11 is 0. The van der Waals surface area contributed by atoms with E-state index >= 15 is 0 Å². The molecule has 1 spiro atoms. The number of carbonyl (C=O) groups is 1. The molecule has 1 saturated carbocycles. The van der Waals surface area contributed by atoms with Gasteiger partial charge in [0.05, 0.1) is 13.2 Å². The summed E-state index contributed by atoms with van der Waals surface area (Å²) in [7, 11) is 0. The van der Waals surface area contributed by atoms with E-state index in [0.29, 0.717) is 38.0 Å². The van der Waals surface area contributed by atoms with E-state index in [2.05, 4.69) is 10.3 Å². The molecule has 6 nitrogen and oxygen atoms in total. The van der Waals surface area contributed by atoms with Gasteiger partial charge in [0.25, 0.3) is 5.91 Å². The van der Waals surface area contributed by atoms with Crippen molar-refractivity contribution in [2.45, 2.75) is 63.2 Å². The fraction of sp³-hybridized carbons (Fsp3) is 0.700. The molecule has 4 rings (SSSR count). The maximum atomic E-state index is 12.9. The molecule has 142 valence electrons. The molecular weight excluding hydrogens is 330 g/mol. The lowest BCUT2D eigenvalue weighted by molar-refractivity contribution is -0.181. The van der Waals surface area contributed by atoms with Crippen molar-refractivity contribution in [3.05, 3.63) is 24.0 Å². The van der Waals surface area contributed by atoms with Gasteiger partial charge in [-0.3, -0.25) is 9.78 Å². The molecule has 26 heavy (non-hydrogen) atoms. The lowest BCUT2D eigenvalue weighted by atomic mass is 10.0. The third-order valence-corrected chi connectivity index (χ3v) is 5.83.